The third-order valence-electron chi connectivity index (χ3n) is 3.92. The van der Waals surface area contributed by atoms with Crippen LogP contribution in [-0.2, 0) is 9.47 Å². The van der Waals surface area contributed by atoms with Crippen molar-refractivity contribution < 1.29 is 9.47 Å². The van der Waals surface area contributed by atoms with Crippen LogP contribution in [0, 0.1) is 5.92 Å². The van der Waals surface area contributed by atoms with E-state index in [1.807, 2.05) is 6.07 Å². The fraction of sp³-hybridized carbons (Fsp3) is 0.667. The van der Waals surface area contributed by atoms with Gasteiger partial charge in [-0.25, -0.2) is 0 Å². The molecule has 1 heterocycles. The van der Waals surface area contributed by atoms with Crippen molar-refractivity contribution in [2.24, 2.45) is 5.92 Å². The van der Waals surface area contributed by atoms with Crippen molar-refractivity contribution >= 4 is 0 Å². The average molecular weight is 291 g/mol. The largest absolute Gasteiger partial charge is 0.371 e. The fourth-order valence-electron chi connectivity index (χ4n) is 2.66. The quantitative estimate of drug-likeness (QED) is 0.794. The Labute approximate surface area is 129 Å². The van der Waals surface area contributed by atoms with Crippen molar-refractivity contribution in [1.82, 2.24) is 5.32 Å². The SMILES string of the molecule is CC(C)CNCC1CCC(COC(C)c2ccccc2)O1. The van der Waals surface area contributed by atoms with Crippen molar-refractivity contribution in [1.29, 1.82) is 0 Å². The second-order valence-corrected chi connectivity index (χ2v) is 6.40. The van der Waals surface area contributed by atoms with Crippen LogP contribution in [0.3, 0.4) is 0 Å². The van der Waals surface area contributed by atoms with Gasteiger partial charge in [0.2, 0.25) is 0 Å². The zero-order chi connectivity index (χ0) is 15.1. The molecular weight excluding hydrogens is 262 g/mol. The molecule has 3 nitrogen and oxygen atoms in total. The normalized spacial score (nSPS) is 23.6. The van der Waals surface area contributed by atoms with Gasteiger partial charge in [0, 0.05) is 6.54 Å². The van der Waals surface area contributed by atoms with E-state index >= 15 is 0 Å². The van der Waals surface area contributed by atoms with Gasteiger partial charge in [-0.15, -0.1) is 0 Å². The molecule has 1 aromatic rings. The predicted octanol–water partition coefficient (Wildman–Crippen LogP) is 3.56. The number of hydrogen-bond acceptors (Lipinski definition) is 3. The Morgan fingerprint density at radius 1 is 1.14 bits per heavy atom. The lowest BCUT2D eigenvalue weighted by Gasteiger charge is -2.18. The number of nitrogens with one attached hydrogen (secondary N) is 1. The first-order valence-corrected chi connectivity index (χ1v) is 8.18. The summed E-state index contributed by atoms with van der Waals surface area (Å²) >= 11 is 0. The number of rotatable bonds is 8. The summed E-state index contributed by atoms with van der Waals surface area (Å²) in [5.41, 5.74) is 1.23. The molecule has 3 unspecified atom stereocenters. The minimum atomic E-state index is 0.132. The van der Waals surface area contributed by atoms with Crippen molar-refractivity contribution in [3.05, 3.63) is 35.9 Å². The second kappa shape index (κ2) is 8.52. The maximum atomic E-state index is 6.04. The first-order valence-electron chi connectivity index (χ1n) is 8.18. The molecule has 3 atom stereocenters. The summed E-state index contributed by atoms with van der Waals surface area (Å²) in [4.78, 5) is 0. The molecule has 0 saturated carbocycles. The van der Waals surface area contributed by atoms with E-state index in [0.29, 0.717) is 18.6 Å². The summed E-state index contributed by atoms with van der Waals surface area (Å²) in [6.07, 6.45) is 2.98. The van der Waals surface area contributed by atoms with E-state index in [9.17, 15) is 0 Å². The maximum Gasteiger partial charge on any atom is 0.0814 e. The van der Waals surface area contributed by atoms with Gasteiger partial charge >= 0.3 is 0 Å². The van der Waals surface area contributed by atoms with Crippen LogP contribution in [0.15, 0.2) is 30.3 Å². The van der Waals surface area contributed by atoms with Crippen LogP contribution in [0.5, 0.6) is 0 Å². The van der Waals surface area contributed by atoms with Crippen molar-refractivity contribution in [2.45, 2.75) is 51.9 Å². The van der Waals surface area contributed by atoms with E-state index in [2.05, 4.69) is 50.4 Å². The second-order valence-electron chi connectivity index (χ2n) is 6.40. The molecule has 118 valence electrons. The van der Waals surface area contributed by atoms with E-state index in [0.717, 1.165) is 25.9 Å². The van der Waals surface area contributed by atoms with Crippen LogP contribution in [0.25, 0.3) is 0 Å². The molecule has 0 amide bonds. The maximum absolute atomic E-state index is 6.04. The molecular formula is C18H29NO2. The number of hydrogen-bond donors (Lipinski definition) is 1. The summed E-state index contributed by atoms with van der Waals surface area (Å²) in [5.74, 6) is 0.692. The highest BCUT2D eigenvalue weighted by atomic mass is 16.5. The van der Waals surface area contributed by atoms with Gasteiger partial charge in [-0.05, 0) is 37.8 Å². The molecule has 2 rings (SSSR count). The number of ether oxygens (including phenoxy) is 2. The molecule has 1 aliphatic rings. The monoisotopic (exact) mass is 291 g/mol. The summed E-state index contributed by atoms with van der Waals surface area (Å²) in [6.45, 7) is 9.27. The molecule has 1 saturated heterocycles. The molecule has 1 aromatic carbocycles. The minimum absolute atomic E-state index is 0.132. The van der Waals surface area contributed by atoms with Gasteiger partial charge in [-0.1, -0.05) is 44.2 Å². The third kappa shape index (κ3) is 5.77. The molecule has 0 aromatic heterocycles. The van der Waals surface area contributed by atoms with Gasteiger partial charge in [-0.3, -0.25) is 0 Å². The van der Waals surface area contributed by atoms with Gasteiger partial charge in [0.05, 0.1) is 24.9 Å². The third-order valence-corrected chi connectivity index (χ3v) is 3.92. The van der Waals surface area contributed by atoms with E-state index < -0.39 is 0 Å². The molecule has 1 fully saturated rings. The zero-order valence-electron chi connectivity index (χ0n) is 13.5. The Morgan fingerprint density at radius 3 is 2.57 bits per heavy atom. The Bertz CT molecular complexity index is 393. The van der Waals surface area contributed by atoms with Crippen LogP contribution in [-0.4, -0.2) is 31.9 Å². The van der Waals surface area contributed by atoms with Gasteiger partial charge in [0.15, 0.2) is 0 Å². The van der Waals surface area contributed by atoms with Crippen molar-refractivity contribution in [3.8, 4) is 0 Å². The van der Waals surface area contributed by atoms with E-state index in [1.54, 1.807) is 0 Å². The highest BCUT2D eigenvalue weighted by Crippen LogP contribution is 2.22. The van der Waals surface area contributed by atoms with Gasteiger partial charge in [0.1, 0.15) is 0 Å². The molecule has 1 aliphatic heterocycles. The summed E-state index contributed by atoms with van der Waals surface area (Å²) in [7, 11) is 0. The molecule has 1 N–H and O–H groups in total. The van der Waals surface area contributed by atoms with Gasteiger partial charge in [-0.2, -0.15) is 0 Å². The topological polar surface area (TPSA) is 30.5 Å². The van der Waals surface area contributed by atoms with E-state index in [-0.39, 0.29) is 12.2 Å². The average Bonchev–Trinajstić information content (AvgIpc) is 2.93. The molecule has 0 spiro atoms. The Kier molecular flexibility index (Phi) is 6.68. The fourth-order valence-corrected chi connectivity index (χ4v) is 2.66. The van der Waals surface area contributed by atoms with Crippen molar-refractivity contribution in [2.75, 3.05) is 19.7 Å². The highest BCUT2D eigenvalue weighted by molar-refractivity contribution is 5.16. The highest BCUT2D eigenvalue weighted by Gasteiger charge is 2.25. The molecule has 21 heavy (non-hydrogen) atoms. The Balaban J connectivity index is 1.64. The van der Waals surface area contributed by atoms with E-state index in [1.165, 1.54) is 5.56 Å². The smallest absolute Gasteiger partial charge is 0.0814 e. The number of benzene rings is 1. The van der Waals surface area contributed by atoms with Crippen LogP contribution in [0.2, 0.25) is 0 Å². The summed E-state index contributed by atoms with van der Waals surface area (Å²) in [6, 6.07) is 10.4. The van der Waals surface area contributed by atoms with Crippen LogP contribution >= 0.6 is 0 Å². The predicted molar refractivity (Wildman–Crippen MR) is 86.4 cm³/mol. The van der Waals surface area contributed by atoms with Crippen LogP contribution in [0.4, 0.5) is 0 Å². The molecule has 0 bridgehead atoms. The summed E-state index contributed by atoms with van der Waals surface area (Å²) in [5, 5.41) is 3.47. The standard InChI is InChI=1S/C18H29NO2/c1-14(2)11-19-12-17-9-10-18(21-17)13-20-15(3)16-7-5-4-6-8-16/h4-8,14-15,17-19H,9-13H2,1-3H3. The van der Waals surface area contributed by atoms with Gasteiger partial charge in [0.25, 0.3) is 0 Å². The first kappa shape index (κ1) is 16.5. The molecule has 0 radical (unpaired) electrons. The van der Waals surface area contributed by atoms with Gasteiger partial charge < -0.3 is 14.8 Å². The molecule has 0 aliphatic carbocycles. The first-order chi connectivity index (χ1) is 10.1. The molecule has 3 heteroatoms. The minimum Gasteiger partial charge on any atom is -0.371 e. The summed E-state index contributed by atoms with van der Waals surface area (Å²) < 4.78 is 12.0. The Hall–Kier alpha value is -0.900. The lowest BCUT2D eigenvalue weighted by molar-refractivity contribution is -0.0371. The van der Waals surface area contributed by atoms with Crippen LogP contribution in [0.1, 0.15) is 45.3 Å². The van der Waals surface area contributed by atoms with Crippen LogP contribution < -0.4 is 5.32 Å². The van der Waals surface area contributed by atoms with Crippen molar-refractivity contribution in [3.63, 3.8) is 0 Å². The lowest BCUT2D eigenvalue weighted by Crippen LogP contribution is -2.30. The Morgan fingerprint density at radius 2 is 1.86 bits per heavy atom. The zero-order valence-corrected chi connectivity index (χ0v) is 13.5. The lowest BCUT2D eigenvalue weighted by atomic mass is 10.1. The van der Waals surface area contributed by atoms with E-state index in [4.69, 9.17) is 9.47 Å².